The van der Waals surface area contributed by atoms with Crippen molar-refractivity contribution < 1.29 is 4.42 Å². The smallest absolute Gasteiger partial charge is 0.164 e. The van der Waals surface area contributed by atoms with Crippen molar-refractivity contribution in [2.24, 2.45) is 0 Å². The van der Waals surface area contributed by atoms with Crippen LogP contribution in [0.3, 0.4) is 0 Å². The molecule has 0 saturated heterocycles. The number of aromatic nitrogens is 3. The Kier molecular flexibility index (Phi) is 7.43. The van der Waals surface area contributed by atoms with Crippen molar-refractivity contribution in [1.29, 1.82) is 0 Å². The van der Waals surface area contributed by atoms with E-state index in [0.717, 1.165) is 49.8 Å². The molecule has 0 amide bonds. The quantitative estimate of drug-likeness (QED) is 0.176. The summed E-state index contributed by atoms with van der Waals surface area (Å²) >= 11 is 0. The molecule has 2 heterocycles. The van der Waals surface area contributed by atoms with Crippen LogP contribution in [0.15, 0.2) is 192 Å². The summed E-state index contributed by atoms with van der Waals surface area (Å²) < 4.78 is 6.48. The summed E-state index contributed by atoms with van der Waals surface area (Å²) in [6.45, 7) is 0. The molecule has 0 fully saturated rings. The Hall–Kier alpha value is -7.17. The third kappa shape index (κ3) is 5.54. The molecule has 2 aromatic heterocycles. The van der Waals surface area contributed by atoms with Gasteiger partial charge in [0.05, 0.1) is 0 Å². The van der Waals surface area contributed by atoms with Crippen LogP contribution >= 0.6 is 0 Å². The number of rotatable bonds is 6. The van der Waals surface area contributed by atoms with E-state index in [1.807, 2.05) is 48.5 Å². The predicted molar refractivity (Wildman–Crippen MR) is 217 cm³/mol. The molecule has 0 spiro atoms. The van der Waals surface area contributed by atoms with Gasteiger partial charge in [0.15, 0.2) is 17.5 Å². The van der Waals surface area contributed by atoms with E-state index < -0.39 is 0 Å². The fourth-order valence-corrected chi connectivity index (χ4v) is 7.39. The van der Waals surface area contributed by atoms with E-state index >= 15 is 0 Å². The van der Waals surface area contributed by atoms with Crippen LogP contribution in [0.25, 0.3) is 100 Å². The number of hydrogen-bond donors (Lipinski definition) is 0. The molecule has 0 radical (unpaired) electrons. The molecule has 248 valence electrons. The normalized spacial score (nSPS) is 11.4. The topological polar surface area (TPSA) is 51.8 Å². The van der Waals surface area contributed by atoms with Crippen molar-refractivity contribution in [3.8, 4) is 67.5 Å². The number of furan rings is 1. The summed E-state index contributed by atoms with van der Waals surface area (Å²) in [5.74, 6) is 1.83. The largest absolute Gasteiger partial charge is 0.456 e. The van der Waals surface area contributed by atoms with E-state index in [-0.39, 0.29) is 0 Å². The summed E-state index contributed by atoms with van der Waals surface area (Å²) in [5.41, 5.74) is 11.4. The Morgan fingerprint density at radius 1 is 0.283 bits per heavy atom. The predicted octanol–water partition coefficient (Wildman–Crippen LogP) is 12.9. The fraction of sp³-hybridized carbons (Fsp3) is 0. The van der Waals surface area contributed by atoms with Gasteiger partial charge in [-0.25, -0.2) is 15.0 Å². The van der Waals surface area contributed by atoms with Crippen molar-refractivity contribution >= 4 is 32.7 Å². The molecule has 0 aliphatic rings. The monoisotopic (exact) mass is 677 g/mol. The fourth-order valence-electron chi connectivity index (χ4n) is 7.39. The van der Waals surface area contributed by atoms with E-state index in [2.05, 4.69) is 140 Å². The first-order chi connectivity index (χ1) is 26.3. The van der Waals surface area contributed by atoms with Crippen LogP contribution in [0.2, 0.25) is 0 Å². The molecule has 0 aliphatic heterocycles. The first kappa shape index (κ1) is 30.6. The first-order valence-corrected chi connectivity index (χ1v) is 17.8. The van der Waals surface area contributed by atoms with Gasteiger partial charge in [0.2, 0.25) is 0 Å². The van der Waals surface area contributed by atoms with Crippen LogP contribution in [0.5, 0.6) is 0 Å². The van der Waals surface area contributed by atoms with Crippen LogP contribution in [-0.2, 0) is 0 Å². The Morgan fingerprint density at radius 2 is 0.774 bits per heavy atom. The molecule has 0 atom stereocenters. The summed E-state index contributed by atoms with van der Waals surface area (Å²) in [5, 5.41) is 4.41. The maximum Gasteiger partial charge on any atom is 0.164 e. The van der Waals surface area contributed by atoms with Crippen molar-refractivity contribution in [3.63, 3.8) is 0 Å². The van der Waals surface area contributed by atoms with Crippen LogP contribution in [-0.4, -0.2) is 15.0 Å². The lowest BCUT2D eigenvalue weighted by molar-refractivity contribution is 0.669. The molecule has 4 heteroatoms. The molecule has 0 saturated carbocycles. The highest BCUT2D eigenvalue weighted by atomic mass is 16.3. The molecule has 0 bridgehead atoms. The van der Waals surface area contributed by atoms with E-state index in [1.54, 1.807) is 0 Å². The second-order valence-electron chi connectivity index (χ2n) is 13.2. The zero-order valence-electron chi connectivity index (χ0n) is 28.6. The Labute approximate surface area is 306 Å². The van der Waals surface area contributed by atoms with Gasteiger partial charge in [-0.1, -0.05) is 170 Å². The van der Waals surface area contributed by atoms with Crippen LogP contribution in [0.4, 0.5) is 0 Å². The number of hydrogen-bond acceptors (Lipinski definition) is 4. The van der Waals surface area contributed by atoms with E-state index in [0.29, 0.717) is 17.5 Å². The summed E-state index contributed by atoms with van der Waals surface area (Å²) in [4.78, 5) is 15.2. The molecule has 0 unspecified atom stereocenters. The maximum atomic E-state index is 6.48. The highest BCUT2D eigenvalue weighted by Crippen LogP contribution is 2.41. The molecular weight excluding hydrogens is 647 g/mol. The van der Waals surface area contributed by atoms with Crippen molar-refractivity contribution in [2.75, 3.05) is 0 Å². The Bertz CT molecular complexity index is 2920. The van der Waals surface area contributed by atoms with Gasteiger partial charge in [-0.15, -0.1) is 0 Å². The van der Waals surface area contributed by atoms with Gasteiger partial charge in [0.25, 0.3) is 0 Å². The lowest BCUT2D eigenvalue weighted by Crippen LogP contribution is -2.00. The summed E-state index contributed by atoms with van der Waals surface area (Å²) in [7, 11) is 0. The maximum absolute atomic E-state index is 6.48. The molecule has 10 rings (SSSR count). The summed E-state index contributed by atoms with van der Waals surface area (Å²) in [6, 6.07) is 65.2. The van der Waals surface area contributed by atoms with E-state index in [1.165, 1.54) is 33.0 Å². The third-order valence-corrected chi connectivity index (χ3v) is 9.97. The molecule has 8 aromatic carbocycles. The van der Waals surface area contributed by atoms with Gasteiger partial charge < -0.3 is 4.42 Å². The van der Waals surface area contributed by atoms with Gasteiger partial charge >= 0.3 is 0 Å². The summed E-state index contributed by atoms with van der Waals surface area (Å²) in [6.07, 6.45) is 0. The molecule has 4 nitrogen and oxygen atoms in total. The Balaban J connectivity index is 1.14. The van der Waals surface area contributed by atoms with Crippen molar-refractivity contribution in [3.05, 3.63) is 188 Å². The molecule has 10 aromatic rings. The SMILES string of the molecule is c1ccc(-c2ccc(-c3nc(-c4ccccc4)nc(-c4cccc5oc6ccc(-c7ccc(-c8ccccc8)c8ccccc78)cc6c45)n3)cc2)cc1. The van der Waals surface area contributed by atoms with E-state index in [9.17, 15) is 0 Å². The minimum atomic E-state index is 0.595. The van der Waals surface area contributed by atoms with Gasteiger partial charge in [0, 0.05) is 27.5 Å². The number of nitrogens with zero attached hydrogens (tertiary/aromatic N) is 3. The molecule has 0 N–H and O–H groups in total. The zero-order chi connectivity index (χ0) is 35.1. The minimum absolute atomic E-state index is 0.595. The Morgan fingerprint density at radius 3 is 1.43 bits per heavy atom. The van der Waals surface area contributed by atoms with Gasteiger partial charge in [0.1, 0.15) is 11.2 Å². The number of fused-ring (bicyclic) bond motifs is 4. The molecule has 53 heavy (non-hydrogen) atoms. The van der Waals surface area contributed by atoms with Crippen molar-refractivity contribution in [1.82, 2.24) is 15.0 Å². The second-order valence-corrected chi connectivity index (χ2v) is 13.2. The van der Waals surface area contributed by atoms with Crippen LogP contribution < -0.4 is 0 Å². The van der Waals surface area contributed by atoms with E-state index in [4.69, 9.17) is 19.4 Å². The second kappa shape index (κ2) is 12.9. The average Bonchev–Trinajstić information content (AvgIpc) is 3.62. The minimum Gasteiger partial charge on any atom is -0.456 e. The van der Waals surface area contributed by atoms with Gasteiger partial charge in [-0.05, 0) is 62.4 Å². The number of benzene rings is 8. The van der Waals surface area contributed by atoms with Crippen LogP contribution in [0, 0.1) is 0 Å². The molecular formula is C49H31N3O. The molecule has 0 aliphatic carbocycles. The lowest BCUT2D eigenvalue weighted by atomic mass is 9.91. The van der Waals surface area contributed by atoms with Crippen molar-refractivity contribution in [2.45, 2.75) is 0 Å². The lowest BCUT2D eigenvalue weighted by Gasteiger charge is -2.12. The third-order valence-electron chi connectivity index (χ3n) is 9.97. The highest BCUT2D eigenvalue weighted by molar-refractivity contribution is 6.14. The first-order valence-electron chi connectivity index (χ1n) is 17.8. The van der Waals surface area contributed by atoms with Gasteiger partial charge in [-0.2, -0.15) is 0 Å². The standard InChI is InChI=1S/C49H31N3O/c1-4-13-32(14-5-1)33-23-25-36(26-24-33)48-50-47(35-17-8-3-9-18-35)51-49(52-48)42-21-12-22-45-46(42)43-31-37(27-30-44(43)53-45)39-29-28-38(34-15-6-2-7-16-34)40-19-10-11-20-41(39)40/h1-31H. The van der Waals surface area contributed by atoms with Gasteiger partial charge in [-0.3, -0.25) is 0 Å². The van der Waals surface area contributed by atoms with Crippen LogP contribution in [0.1, 0.15) is 0 Å². The average molecular weight is 678 g/mol. The zero-order valence-corrected chi connectivity index (χ0v) is 28.6. The highest BCUT2D eigenvalue weighted by Gasteiger charge is 2.19.